The third-order valence-electron chi connectivity index (χ3n) is 7.96. The molecule has 0 saturated heterocycles. The summed E-state index contributed by atoms with van der Waals surface area (Å²) in [4.78, 5) is 42.6. The zero-order chi connectivity index (χ0) is 31.5. The Bertz CT molecular complexity index is 1480. The highest BCUT2D eigenvalue weighted by molar-refractivity contribution is 6.00. The van der Waals surface area contributed by atoms with E-state index in [4.69, 9.17) is 27.7 Å². The quantitative estimate of drug-likeness (QED) is 0.0924. The van der Waals surface area contributed by atoms with Gasteiger partial charge in [0.25, 0.3) is 0 Å². The minimum Gasteiger partial charge on any atom is -0.487 e. The van der Waals surface area contributed by atoms with Crippen molar-refractivity contribution in [3.63, 3.8) is 0 Å². The van der Waals surface area contributed by atoms with Crippen molar-refractivity contribution in [2.24, 2.45) is 33.8 Å². The molecule has 0 spiro atoms. The van der Waals surface area contributed by atoms with Crippen molar-refractivity contribution in [1.82, 2.24) is 5.32 Å². The number of ether oxygens (including phenoxy) is 1. The van der Waals surface area contributed by atoms with Gasteiger partial charge in [-0.3, -0.25) is 19.4 Å². The molecule has 1 fully saturated rings. The molecule has 1 aliphatic carbocycles. The van der Waals surface area contributed by atoms with E-state index in [-0.39, 0.29) is 24.0 Å². The SMILES string of the molecule is NC(=O)c1ccc(NC(=O)[C@H](CC2CCCCC2)NC(=O)[C@@H](N)CCCN=C(N)N)c(OCc2ccc3ccccc3c2)c1. The van der Waals surface area contributed by atoms with Gasteiger partial charge in [-0.1, -0.05) is 68.5 Å². The first kappa shape index (κ1) is 32.3. The normalized spacial score (nSPS) is 14.8. The second-order valence-corrected chi connectivity index (χ2v) is 11.4. The van der Waals surface area contributed by atoms with Gasteiger partial charge in [0, 0.05) is 12.1 Å². The van der Waals surface area contributed by atoms with E-state index in [1.807, 2.05) is 42.5 Å². The summed E-state index contributed by atoms with van der Waals surface area (Å²) in [5, 5.41) is 7.99. The number of amides is 3. The Kier molecular flexibility index (Phi) is 11.5. The third kappa shape index (κ3) is 9.43. The number of nitrogens with two attached hydrogens (primary N) is 4. The van der Waals surface area contributed by atoms with E-state index in [0.717, 1.165) is 42.0 Å². The summed E-state index contributed by atoms with van der Waals surface area (Å²) in [7, 11) is 0. The monoisotopic (exact) mass is 601 g/mol. The summed E-state index contributed by atoms with van der Waals surface area (Å²) in [5.41, 5.74) is 23.9. The number of aliphatic imine (C=N–C) groups is 1. The minimum absolute atomic E-state index is 0.0169. The molecule has 0 bridgehead atoms. The van der Waals surface area contributed by atoms with Crippen molar-refractivity contribution in [1.29, 1.82) is 0 Å². The Morgan fingerprint density at radius 3 is 2.39 bits per heavy atom. The fourth-order valence-corrected chi connectivity index (χ4v) is 5.52. The van der Waals surface area contributed by atoms with Crippen LogP contribution in [0.1, 0.15) is 67.3 Å². The number of primary amides is 1. The summed E-state index contributed by atoms with van der Waals surface area (Å²) >= 11 is 0. The zero-order valence-electron chi connectivity index (χ0n) is 25.0. The summed E-state index contributed by atoms with van der Waals surface area (Å²) in [5.74, 6) is -0.839. The topological polar surface area (TPSA) is 201 Å². The van der Waals surface area contributed by atoms with Gasteiger partial charge in [0.1, 0.15) is 18.4 Å². The van der Waals surface area contributed by atoms with E-state index in [2.05, 4.69) is 15.6 Å². The van der Waals surface area contributed by atoms with Gasteiger partial charge < -0.3 is 38.3 Å². The van der Waals surface area contributed by atoms with Gasteiger partial charge in [-0.15, -0.1) is 0 Å². The first-order valence-corrected chi connectivity index (χ1v) is 15.2. The Morgan fingerprint density at radius 2 is 1.66 bits per heavy atom. The summed E-state index contributed by atoms with van der Waals surface area (Å²) in [6.07, 6.45) is 6.74. The van der Waals surface area contributed by atoms with Crippen molar-refractivity contribution in [3.8, 4) is 5.75 Å². The lowest BCUT2D eigenvalue weighted by molar-refractivity contribution is -0.127. The van der Waals surface area contributed by atoms with E-state index in [0.29, 0.717) is 43.2 Å². The Morgan fingerprint density at radius 1 is 0.909 bits per heavy atom. The van der Waals surface area contributed by atoms with E-state index < -0.39 is 23.9 Å². The molecule has 1 aliphatic rings. The number of carbonyl (C=O) groups is 3. The number of carbonyl (C=O) groups excluding carboxylic acids is 3. The number of fused-ring (bicyclic) bond motifs is 1. The molecule has 0 aliphatic heterocycles. The van der Waals surface area contributed by atoms with Crippen LogP contribution in [0, 0.1) is 5.92 Å². The molecule has 0 radical (unpaired) electrons. The molecule has 11 nitrogen and oxygen atoms in total. The fraction of sp³-hybridized carbons (Fsp3) is 0.394. The molecule has 10 N–H and O–H groups in total. The van der Waals surface area contributed by atoms with Crippen molar-refractivity contribution in [2.75, 3.05) is 11.9 Å². The van der Waals surface area contributed by atoms with Crippen molar-refractivity contribution in [3.05, 3.63) is 71.8 Å². The molecule has 1 saturated carbocycles. The lowest BCUT2D eigenvalue weighted by Gasteiger charge is -2.27. The van der Waals surface area contributed by atoms with Gasteiger partial charge in [-0.25, -0.2) is 0 Å². The number of guanidine groups is 1. The lowest BCUT2D eigenvalue weighted by atomic mass is 9.84. The largest absolute Gasteiger partial charge is 0.487 e. The average molecular weight is 602 g/mol. The maximum Gasteiger partial charge on any atom is 0.248 e. The van der Waals surface area contributed by atoms with Crippen LogP contribution in [0.15, 0.2) is 65.7 Å². The van der Waals surface area contributed by atoms with Crippen LogP contribution in [0.2, 0.25) is 0 Å². The maximum atomic E-state index is 13.7. The van der Waals surface area contributed by atoms with E-state index in [9.17, 15) is 14.4 Å². The van der Waals surface area contributed by atoms with Gasteiger partial charge in [0.2, 0.25) is 17.7 Å². The molecule has 3 aromatic rings. The number of nitrogens with zero attached hydrogens (tertiary/aromatic N) is 1. The van der Waals surface area contributed by atoms with E-state index in [1.165, 1.54) is 18.6 Å². The van der Waals surface area contributed by atoms with Crippen LogP contribution in [0.25, 0.3) is 10.8 Å². The molecule has 11 heteroatoms. The van der Waals surface area contributed by atoms with Gasteiger partial charge in [0.05, 0.1) is 11.7 Å². The number of hydrogen-bond acceptors (Lipinski definition) is 6. The van der Waals surface area contributed by atoms with Crippen LogP contribution < -0.4 is 38.3 Å². The standard InChI is InChI=1S/C33H43N7O4/c34-26(11-6-16-38-33(36)37)31(42)40-28(18-21-7-2-1-3-8-21)32(43)39-27-15-14-25(30(35)41)19-29(27)44-20-22-12-13-23-9-4-5-10-24(23)17-22/h4-5,9-10,12-15,17,19,21,26,28H,1-3,6-8,11,16,18,20,34H2,(H2,35,41)(H,39,43)(H,40,42)(H4,36,37,38)/t26-,28-/m0/s1. The van der Waals surface area contributed by atoms with Crippen LogP contribution in [-0.2, 0) is 16.2 Å². The summed E-state index contributed by atoms with van der Waals surface area (Å²) < 4.78 is 6.13. The van der Waals surface area contributed by atoms with Crippen LogP contribution in [-0.4, -0.2) is 42.3 Å². The Labute approximate surface area is 257 Å². The molecule has 2 atom stereocenters. The molecule has 0 aromatic heterocycles. The highest BCUT2D eigenvalue weighted by Gasteiger charge is 2.28. The highest BCUT2D eigenvalue weighted by Crippen LogP contribution is 2.30. The molecule has 4 rings (SSSR count). The van der Waals surface area contributed by atoms with Gasteiger partial charge in [-0.2, -0.15) is 0 Å². The maximum absolute atomic E-state index is 13.7. The Balaban J connectivity index is 1.49. The fourth-order valence-electron chi connectivity index (χ4n) is 5.52. The predicted octanol–water partition coefficient (Wildman–Crippen LogP) is 3.29. The molecule has 3 amide bonds. The Hall–Kier alpha value is -4.64. The number of benzene rings is 3. The van der Waals surface area contributed by atoms with Crippen LogP contribution in [0.4, 0.5) is 5.69 Å². The lowest BCUT2D eigenvalue weighted by Crippen LogP contribution is -2.50. The van der Waals surface area contributed by atoms with Crippen LogP contribution in [0.5, 0.6) is 5.75 Å². The van der Waals surface area contributed by atoms with Crippen LogP contribution in [0.3, 0.4) is 0 Å². The molecular formula is C33H43N7O4. The first-order valence-electron chi connectivity index (χ1n) is 15.2. The smallest absolute Gasteiger partial charge is 0.248 e. The third-order valence-corrected chi connectivity index (χ3v) is 7.96. The zero-order valence-corrected chi connectivity index (χ0v) is 25.0. The first-order chi connectivity index (χ1) is 21.2. The van der Waals surface area contributed by atoms with Gasteiger partial charge in [-0.05, 0) is 65.8 Å². The van der Waals surface area contributed by atoms with Gasteiger partial charge in [0.15, 0.2) is 5.96 Å². The molecule has 44 heavy (non-hydrogen) atoms. The van der Waals surface area contributed by atoms with Gasteiger partial charge >= 0.3 is 0 Å². The molecular weight excluding hydrogens is 558 g/mol. The minimum atomic E-state index is -0.818. The number of rotatable bonds is 14. The number of anilines is 1. The molecule has 0 unspecified atom stereocenters. The van der Waals surface area contributed by atoms with Crippen molar-refractivity contribution in [2.45, 2.75) is 70.1 Å². The molecule has 0 heterocycles. The second-order valence-electron chi connectivity index (χ2n) is 11.4. The van der Waals surface area contributed by atoms with E-state index >= 15 is 0 Å². The number of nitrogens with one attached hydrogen (secondary N) is 2. The predicted molar refractivity (Wildman–Crippen MR) is 173 cm³/mol. The summed E-state index contributed by atoms with van der Waals surface area (Å²) in [6, 6.07) is 17.0. The average Bonchev–Trinajstić information content (AvgIpc) is 3.02. The van der Waals surface area contributed by atoms with E-state index in [1.54, 1.807) is 6.07 Å². The second kappa shape index (κ2) is 15.7. The molecule has 3 aromatic carbocycles. The highest BCUT2D eigenvalue weighted by atomic mass is 16.5. The number of hydrogen-bond donors (Lipinski definition) is 6. The van der Waals surface area contributed by atoms with Crippen molar-refractivity contribution >= 4 is 40.1 Å². The molecule has 234 valence electrons. The summed E-state index contributed by atoms with van der Waals surface area (Å²) in [6.45, 7) is 0.561. The van der Waals surface area contributed by atoms with Crippen molar-refractivity contribution < 1.29 is 19.1 Å². The van der Waals surface area contributed by atoms with Crippen LogP contribution >= 0.6 is 0 Å².